The third kappa shape index (κ3) is 4.16. The molecule has 0 unspecified atom stereocenters. The van der Waals surface area contributed by atoms with Crippen LogP contribution in [0.25, 0.3) is 11.0 Å². The maximum absolute atomic E-state index is 6.14. The van der Waals surface area contributed by atoms with Crippen molar-refractivity contribution in [3.8, 4) is 0 Å². The molecular formula is C15H20ClNOS. The van der Waals surface area contributed by atoms with Crippen LogP contribution in [0, 0.1) is 0 Å². The lowest BCUT2D eigenvalue weighted by Gasteiger charge is -2.04. The molecule has 2 rings (SSSR count). The van der Waals surface area contributed by atoms with E-state index in [1.807, 2.05) is 30.0 Å². The van der Waals surface area contributed by atoms with Gasteiger partial charge in [-0.05, 0) is 49.1 Å². The van der Waals surface area contributed by atoms with Gasteiger partial charge in [-0.1, -0.05) is 24.6 Å². The van der Waals surface area contributed by atoms with Crippen molar-refractivity contribution in [2.24, 2.45) is 0 Å². The molecule has 0 aliphatic carbocycles. The summed E-state index contributed by atoms with van der Waals surface area (Å²) in [4.78, 5) is 0. The van der Waals surface area contributed by atoms with E-state index >= 15 is 0 Å². The summed E-state index contributed by atoms with van der Waals surface area (Å²) in [6, 6.07) is 7.98. The lowest BCUT2D eigenvalue weighted by Crippen LogP contribution is -2.14. The molecule has 0 atom stereocenters. The Morgan fingerprint density at radius 1 is 1.21 bits per heavy atom. The second-order valence-electron chi connectivity index (χ2n) is 4.58. The molecule has 1 aromatic heterocycles. The molecule has 19 heavy (non-hydrogen) atoms. The SMILES string of the molecule is CSCCCCCNCc1c(Cl)oc2ccccc12. The third-order valence-corrected chi connectivity index (χ3v) is 4.15. The van der Waals surface area contributed by atoms with E-state index in [1.54, 1.807) is 0 Å². The quantitative estimate of drug-likeness (QED) is 0.714. The van der Waals surface area contributed by atoms with Gasteiger partial charge in [0.05, 0.1) is 0 Å². The molecule has 0 bridgehead atoms. The molecule has 0 radical (unpaired) electrons. The summed E-state index contributed by atoms with van der Waals surface area (Å²) in [6.45, 7) is 1.81. The number of furan rings is 1. The van der Waals surface area contributed by atoms with Gasteiger partial charge in [-0.3, -0.25) is 0 Å². The Bertz CT molecular complexity index is 512. The van der Waals surface area contributed by atoms with E-state index in [1.165, 1.54) is 25.0 Å². The highest BCUT2D eigenvalue weighted by atomic mass is 35.5. The molecule has 0 saturated carbocycles. The molecule has 2 nitrogen and oxygen atoms in total. The minimum atomic E-state index is 0.510. The Morgan fingerprint density at radius 3 is 2.89 bits per heavy atom. The number of thioether (sulfide) groups is 1. The lowest BCUT2D eigenvalue weighted by atomic mass is 10.2. The fraction of sp³-hybridized carbons (Fsp3) is 0.467. The second kappa shape index (κ2) is 7.83. The van der Waals surface area contributed by atoms with Crippen molar-refractivity contribution in [2.75, 3.05) is 18.6 Å². The summed E-state index contributed by atoms with van der Waals surface area (Å²) in [7, 11) is 0. The van der Waals surface area contributed by atoms with E-state index in [0.717, 1.165) is 29.6 Å². The Balaban J connectivity index is 1.80. The zero-order chi connectivity index (χ0) is 13.5. The van der Waals surface area contributed by atoms with Crippen LogP contribution in [0.5, 0.6) is 0 Å². The fourth-order valence-corrected chi connectivity index (χ4v) is 2.86. The summed E-state index contributed by atoms with van der Waals surface area (Å²) in [6.07, 6.45) is 5.96. The van der Waals surface area contributed by atoms with Gasteiger partial charge in [0, 0.05) is 17.5 Å². The van der Waals surface area contributed by atoms with Gasteiger partial charge in [-0.15, -0.1) is 0 Å². The van der Waals surface area contributed by atoms with Gasteiger partial charge in [0.25, 0.3) is 0 Å². The second-order valence-corrected chi connectivity index (χ2v) is 5.91. The van der Waals surface area contributed by atoms with Gasteiger partial charge in [-0.25, -0.2) is 0 Å². The standard InChI is InChI=1S/C15H20ClNOS/c1-19-10-6-2-5-9-17-11-13-12-7-3-4-8-14(12)18-15(13)16/h3-4,7-8,17H,2,5-6,9-11H2,1H3. The first-order valence-electron chi connectivity index (χ1n) is 6.68. The van der Waals surface area contributed by atoms with Crippen LogP contribution in [0.1, 0.15) is 24.8 Å². The maximum atomic E-state index is 6.14. The molecule has 1 N–H and O–H groups in total. The Hall–Kier alpha value is -0.640. The first kappa shape index (κ1) is 14.8. The minimum absolute atomic E-state index is 0.510. The van der Waals surface area contributed by atoms with Crippen molar-refractivity contribution in [1.82, 2.24) is 5.32 Å². The first-order valence-corrected chi connectivity index (χ1v) is 8.45. The zero-order valence-corrected chi connectivity index (χ0v) is 12.8. The summed E-state index contributed by atoms with van der Waals surface area (Å²) < 4.78 is 5.53. The Morgan fingerprint density at radius 2 is 2.05 bits per heavy atom. The topological polar surface area (TPSA) is 25.2 Å². The van der Waals surface area contributed by atoms with Crippen molar-refractivity contribution in [3.05, 3.63) is 35.0 Å². The number of fused-ring (bicyclic) bond motifs is 1. The average molecular weight is 298 g/mol. The molecule has 0 fully saturated rings. The molecule has 4 heteroatoms. The number of benzene rings is 1. The van der Waals surface area contributed by atoms with Crippen molar-refractivity contribution in [3.63, 3.8) is 0 Å². The van der Waals surface area contributed by atoms with E-state index < -0.39 is 0 Å². The molecule has 1 aromatic carbocycles. The predicted molar refractivity (Wildman–Crippen MR) is 85.2 cm³/mol. The first-order chi connectivity index (χ1) is 9.33. The summed E-state index contributed by atoms with van der Waals surface area (Å²) in [5.74, 6) is 1.26. The van der Waals surface area contributed by atoms with Gasteiger partial charge in [-0.2, -0.15) is 11.8 Å². The van der Waals surface area contributed by atoms with Crippen LogP contribution in [-0.2, 0) is 6.54 Å². The minimum Gasteiger partial charge on any atom is -0.444 e. The maximum Gasteiger partial charge on any atom is 0.199 e. The summed E-state index contributed by atoms with van der Waals surface area (Å²) in [5.41, 5.74) is 1.94. The van der Waals surface area contributed by atoms with Crippen LogP contribution >= 0.6 is 23.4 Å². The molecule has 0 aliphatic heterocycles. The van der Waals surface area contributed by atoms with Crippen molar-refractivity contribution >= 4 is 34.3 Å². The molecule has 0 spiro atoms. The molecule has 0 saturated heterocycles. The number of rotatable bonds is 8. The largest absolute Gasteiger partial charge is 0.444 e. The number of para-hydroxylation sites is 1. The van der Waals surface area contributed by atoms with E-state index in [0.29, 0.717) is 5.22 Å². The predicted octanol–water partition coefficient (Wildman–Crippen LogP) is 4.71. The highest BCUT2D eigenvalue weighted by molar-refractivity contribution is 7.98. The van der Waals surface area contributed by atoms with Crippen LogP contribution in [0.4, 0.5) is 0 Å². The smallest absolute Gasteiger partial charge is 0.199 e. The van der Waals surface area contributed by atoms with Crippen LogP contribution in [0.2, 0.25) is 5.22 Å². The Labute approximate surface area is 123 Å². The highest BCUT2D eigenvalue weighted by Crippen LogP contribution is 2.29. The van der Waals surface area contributed by atoms with Crippen LogP contribution in [0.3, 0.4) is 0 Å². The summed E-state index contributed by atoms with van der Waals surface area (Å²) >= 11 is 8.06. The summed E-state index contributed by atoms with van der Waals surface area (Å²) in [5, 5.41) is 5.07. The van der Waals surface area contributed by atoms with Gasteiger partial charge >= 0.3 is 0 Å². The van der Waals surface area contributed by atoms with E-state index in [2.05, 4.69) is 17.6 Å². The van der Waals surface area contributed by atoms with E-state index in [9.17, 15) is 0 Å². The average Bonchev–Trinajstić information content (AvgIpc) is 2.74. The number of halogens is 1. The number of unbranched alkanes of at least 4 members (excludes halogenated alkanes) is 2. The third-order valence-electron chi connectivity index (χ3n) is 3.15. The van der Waals surface area contributed by atoms with Gasteiger partial charge in [0.15, 0.2) is 5.22 Å². The molecular weight excluding hydrogens is 278 g/mol. The van der Waals surface area contributed by atoms with Gasteiger partial charge in [0.1, 0.15) is 5.58 Å². The van der Waals surface area contributed by atoms with Crippen molar-refractivity contribution < 1.29 is 4.42 Å². The van der Waals surface area contributed by atoms with Crippen molar-refractivity contribution in [1.29, 1.82) is 0 Å². The fourth-order valence-electron chi connectivity index (χ4n) is 2.12. The van der Waals surface area contributed by atoms with E-state index in [4.69, 9.17) is 16.0 Å². The molecule has 0 amide bonds. The van der Waals surface area contributed by atoms with Crippen LogP contribution in [-0.4, -0.2) is 18.6 Å². The van der Waals surface area contributed by atoms with Crippen LogP contribution < -0.4 is 5.32 Å². The zero-order valence-electron chi connectivity index (χ0n) is 11.2. The van der Waals surface area contributed by atoms with Crippen LogP contribution in [0.15, 0.2) is 28.7 Å². The molecule has 104 valence electrons. The molecule has 2 aromatic rings. The molecule has 1 heterocycles. The van der Waals surface area contributed by atoms with E-state index in [-0.39, 0.29) is 0 Å². The normalized spacial score (nSPS) is 11.3. The Kier molecular flexibility index (Phi) is 6.08. The highest BCUT2D eigenvalue weighted by Gasteiger charge is 2.10. The number of hydrogen-bond donors (Lipinski definition) is 1. The molecule has 0 aliphatic rings. The van der Waals surface area contributed by atoms with Crippen molar-refractivity contribution in [2.45, 2.75) is 25.8 Å². The van der Waals surface area contributed by atoms with Gasteiger partial charge < -0.3 is 9.73 Å². The lowest BCUT2D eigenvalue weighted by molar-refractivity contribution is 0.593. The monoisotopic (exact) mass is 297 g/mol. The number of nitrogens with one attached hydrogen (secondary N) is 1. The number of hydrogen-bond acceptors (Lipinski definition) is 3. The van der Waals surface area contributed by atoms with Gasteiger partial charge in [0.2, 0.25) is 0 Å².